The largest absolute Gasteiger partial charge is 0.383 e. The number of carbonyl (C=O) groups excluding carboxylic acids is 1. The molecule has 0 unspecified atom stereocenters. The second-order valence-corrected chi connectivity index (χ2v) is 4.28. The third-order valence-corrected chi connectivity index (χ3v) is 3.05. The van der Waals surface area contributed by atoms with Crippen molar-refractivity contribution in [1.29, 1.82) is 0 Å². The van der Waals surface area contributed by atoms with Crippen molar-refractivity contribution in [3.05, 3.63) is 11.8 Å². The van der Waals surface area contributed by atoms with Crippen LogP contribution in [0.25, 0.3) is 0 Å². The van der Waals surface area contributed by atoms with Gasteiger partial charge in [0.05, 0.1) is 19.4 Å². The van der Waals surface area contributed by atoms with Gasteiger partial charge in [0.2, 0.25) is 0 Å². The number of aryl methyl sites for hydroxylation is 1. The molecule has 0 bridgehead atoms. The first-order valence-electron chi connectivity index (χ1n) is 6.04. The van der Waals surface area contributed by atoms with Gasteiger partial charge in [0.1, 0.15) is 11.4 Å². The summed E-state index contributed by atoms with van der Waals surface area (Å²) in [5, 5.41) is 6.78. The maximum Gasteiger partial charge on any atom is 0.256 e. The average molecular weight is 253 g/mol. The van der Waals surface area contributed by atoms with Gasteiger partial charge >= 0.3 is 0 Å². The SMILES string of the molecule is Cn1ncc(C(=O)NCCN2CCOCC2)c1N. The Morgan fingerprint density at radius 2 is 2.28 bits per heavy atom. The molecule has 0 atom stereocenters. The van der Waals surface area contributed by atoms with Crippen LogP contribution in [-0.4, -0.2) is 60.0 Å². The fourth-order valence-electron chi connectivity index (χ4n) is 1.87. The Morgan fingerprint density at radius 3 is 2.89 bits per heavy atom. The smallest absolute Gasteiger partial charge is 0.256 e. The number of nitrogen functional groups attached to an aromatic ring is 1. The number of hydrogen-bond acceptors (Lipinski definition) is 5. The second kappa shape index (κ2) is 5.83. The molecule has 1 saturated heterocycles. The van der Waals surface area contributed by atoms with E-state index in [9.17, 15) is 4.79 Å². The maximum absolute atomic E-state index is 11.8. The minimum Gasteiger partial charge on any atom is -0.383 e. The molecule has 1 aliphatic rings. The predicted octanol–water partition coefficient (Wildman–Crippen LogP) is -0.936. The fraction of sp³-hybridized carbons (Fsp3) is 0.636. The van der Waals surface area contributed by atoms with Crippen molar-refractivity contribution < 1.29 is 9.53 Å². The van der Waals surface area contributed by atoms with Gasteiger partial charge in [0.15, 0.2) is 0 Å². The number of rotatable bonds is 4. The van der Waals surface area contributed by atoms with Crippen LogP contribution < -0.4 is 11.1 Å². The van der Waals surface area contributed by atoms with Crippen LogP contribution in [0.1, 0.15) is 10.4 Å². The van der Waals surface area contributed by atoms with Crippen molar-refractivity contribution in [2.45, 2.75) is 0 Å². The summed E-state index contributed by atoms with van der Waals surface area (Å²) in [5.41, 5.74) is 6.16. The minimum absolute atomic E-state index is 0.172. The van der Waals surface area contributed by atoms with E-state index in [-0.39, 0.29) is 5.91 Å². The zero-order valence-electron chi connectivity index (χ0n) is 10.6. The molecule has 1 fully saturated rings. The van der Waals surface area contributed by atoms with Crippen LogP contribution in [0.2, 0.25) is 0 Å². The molecule has 0 aromatic carbocycles. The van der Waals surface area contributed by atoms with E-state index in [0.717, 1.165) is 32.8 Å². The molecule has 0 radical (unpaired) electrons. The van der Waals surface area contributed by atoms with E-state index in [0.29, 0.717) is 17.9 Å². The third-order valence-electron chi connectivity index (χ3n) is 3.05. The normalized spacial score (nSPS) is 16.7. The number of aromatic nitrogens is 2. The zero-order valence-corrected chi connectivity index (χ0v) is 10.6. The number of carbonyl (C=O) groups is 1. The maximum atomic E-state index is 11.8. The lowest BCUT2D eigenvalue weighted by Gasteiger charge is -2.26. The fourth-order valence-corrected chi connectivity index (χ4v) is 1.87. The lowest BCUT2D eigenvalue weighted by molar-refractivity contribution is 0.0383. The van der Waals surface area contributed by atoms with E-state index >= 15 is 0 Å². The zero-order chi connectivity index (χ0) is 13.0. The summed E-state index contributed by atoms with van der Waals surface area (Å²) < 4.78 is 6.74. The van der Waals surface area contributed by atoms with Gasteiger partial charge in [-0.2, -0.15) is 5.10 Å². The average Bonchev–Trinajstić information content (AvgIpc) is 2.71. The standard InChI is InChI=1S/C11H19N5O2/c1-15-10(12)9(8-14-15)11(17)13-2-3-16-4-6-18-7-5-16/h8H,2-7,12H2,1H3,(H,13,17). The van der Waals surface area contributed by atoms with E-state index in [2.05, 4.69) is 15.3 Å². The number of morpholine rings is 1. The monoisotopic (exact) mass is 253 g/mol. The minimum atomic E-state index is -0.172. The van der Waals surface area contributed by atoms with E-state index in [1.165, 1.54) is 10.9 Å². The molecule has 0 spiro atoms. The molecule has 0 aliphatic carbocycles. The van der Waals surface area contributed by atoms with Crippen molar-refractivity contribution in [2.24, 2.45) is 7.05 Å². The number of amides is 1. The van der Waals surface area contributed by atoms with Crippen molar-refractivity contribution in [2.75, 3.05) is 45.1 Å². The highest BCUT2D eigenvalue weighted by molar-refractivity contribution is 5.98. The van der Waals surface area contributed by atoms with Crippen molar-refractivity contribution in [1.82, 2.24) is 20.0 Å². The van der Waals surface area contributed by atoms with Gasteiger partial charge in [-0.3, -0.25) is 14.4 Å². The van der Waals surface area contributed by atoms with Gasteiger partial charge in [-0.1, -0.05) is 0 Å². The van der Waals surface area contributed by atoms with Gasteiger partial charge in [-0.05, 0) is 0 Å². The number of anilines is 1. The number of nitrogens with one attached hydrogen (secondary N) is 1. The van der Waals surface area contributed by atoms with Gasteiger partial charge < -0.3 is 15.8 Å². The van der Waals surface area contributed by atoms with E-state index in [4.69, 9.17) is 10.5 Å². The Hall–Kier alpha value is -1.60. The first kappa shape index (κ1) is 12.8. The van der Waals surface area contributed by atoms with Crippen LogP contribution in [0.15, 0.2) is 6.20 Å². The molecule has 0 saturated carbocycles. The van der Waals surface area contributed by atoms with Crippen molar-refractivity contribution in [3.63, 3.8) is 0 Å². The summed E-state index contributed by atoms with van der Waals surface area (Å²) in [7, 11) is 1.71. The topological polar surface area (TPSA) is 85.4 Å². The number of ether oxygens (including phenoxy) is 1. The van der Waals surface area contributed by atoms with Crippen LogP contribution in [0.3, 0.4) is 0 Å². The molecule has 2 rings (SSSR count). The van der Waals surface area contributed by atoms with Gasteiger partial charge in [0.25, 0.3) is 5.91 Å². The van der Waals surface area contributed by atoms with Crippen molar-refractivity contribution in [3.8, 4) is 0 Å². The molecule has 18 heavy (non-hydrogen) atoms. The summed E-state index contributed by atoms with van der Waals surface area (Å²) >= 11 is 0. The third kappa shape index (κ3) is 2.99. The molecule has 1 aromatic rings. The Balaban J connectivity index is 1.76. The van der Waals surface area contributed by atoms with Gasteiger partial charge in [-0.25, -0.2) is 0 Å². The van der Waals surface area contributed by atoms with Crippen LogP contribution in [0.4, 0.5) is 5.82 Å². The summed E-state index contributed by atoms with van der Waals surface area (Å²) in [4.78, 5) is 14.1. The molecule has 1 aromatic heterocycles. The number of hydrogen-bond donors (Lipinski definition) is 2. The molecular weight excluding hydrogens is 234 g/mol. The van der Waals surface area contributed by atoms with Crippen LogP contribution in [0, 0.1) is 0 Å². The molecule has 1 amide bonds. The summed E-state index contributed by atoms with van der Waals surface area (Å²) in [5.74, 6) is 0.215. The van der Waals surface area contributed by atoms with Crippen LogP contribution in [-0.2, 0) is 11.8 Å². The lowest BCUT2D eigenvalue weighted by Crippen LogP contribution is -2.41. The van der Waals surface area contributed by atoms with E-state index in [1.54, 1.807) is 7.05 Å². The highest BCUT2D eigenvalue weighted by Gasteiger charge is 2.14. The Morgan fingerprint density at radius 1 is 1.56 bits per heavy atom. The molecule has 3 N–H and O–H groups in total. The Bertz CT molecular complexity index is 412. The van der Waals surface area contributed by atoms with E-state index < -0.39 is 0 Å². The highest BCUT2D eigenvalue weighted by Crippen LogP contribution is 2.08. The number of nitrogens with zero attached hydrogens (tertiary/aromatic N) is 3. The summed E-state index contributed by atoms with van der Waals surface area (Å²) in [6, 6.07) is 0. The molecular formula is C11H19N5O2. The van der Waals surface area contributed by atoms with Gasteiger partial charge in [-0.15, -0.1) is 0 Å². The molecule has 7 nitrogen and oxygen atoms in total. The lowest BCUT2D eigenvalue weighted by atomic mass is 10.3. The van der Waals surface area contributed by atoms with Crippen LogP contribution >= 0.6 is 0 Å². The summed E-state index contributed by atoms with van der Waals surface area (Å²) in [6.45, 7) is 4.81. The van der Waals surface area contributed by atoms with Gasteiger partial charge in [0, 0.05) is 33.2 Å². The first-order valence-corrected chi connectivity index (χ1v) is 6.04. The first-order chi connectivity index (χ1) is 8.68. The van der Waals surface area contributed by atoms with E-state index in [1.807, 2.05) is 0 Å². The Kier molecular flexibility index (Phi) is 4.16. The molecule has 2 heterocycles. The second-order valence-electron chi connectivity index (χ2n) is 4.28. The number of nitrogens with two attached hydrogens (primary N) is 1. The quantitative estimate of drug-likeness (QED) is 0.723. The Labute approximate surface area is 106 Å². The summed E-state index contributed by atoms with van der Waals surface area (Å²) in [6.07, 6.45) is 1.49. The predicted molar refractivity (Wildman–Crippen MR) is 67.2 cm³/mol. The molecule has 7 heteroatoms. The van der Waals surface area contributed by atoms with Crippen molar-refractivity contribution >= 4 is 11.7 Å². The molecule has 1 aliphatic heterocycles. The molecule has 100 valence electrons. The highest BCUT2D eigenvalue weighted by atomic mass is 16.5. The van der Waals surface area contributed by atoms with Crippen LogP contribution in [0.5, 0.6) is 0 Å².